The Hall–Kier alpha value is -1.02. The topological polar surface area (TPSA) is 46.9 Å². The first-order chi connectivity index (χ1) is 13.0. The van der Waals surface area contributed by atoms with Crippen molar-refractivity contribution >= 4 is 0 Å². The molecule has 162 valence electrons. The van der Waals surface area contributed by atoms with Crippen molar-refractivity contribution in [3.8, 4) is 11.8 Å². The van der Waals surface area contributed by atoms with E-state index in [1.165, 1.54) is 9.80 Å². The van der Waals surface area contributed by atoms with Crippen LogP contribution in [0.5, 0.6) is 0 Å². The van der Waals surface area contributed by atoms with E-state index in [1.807, 2.05) is 0 Å². The van der Waals surface area contributed by atoms with Crippen molar-refractivity contribution < 1.29 is 36.6 Å². The lowest BCUT2D eigenvalue weighted by Crippen LogP contribution is -2.52. The molecule has 2 N–H and O–H groups in total. The molecule has 28 heavy (non-hydrogen) atoms. The van der Waals surface area contributed by atoms with E-state index in [1.54, 1.807) is 0 Å². The molecule has 2 aliphatic heterocycles. The van der Waals surface area contributed by atoms with E-state index >= 15 is 0 Å². The molecule has 10 heteroatoms. The van der Waals surface area contributed by atoms with E-state index in [0.29, 0.717) is 38.8 Å². The average molecular weight is 416 g/mol. The van der Waals surface area contributed by atoms with Crippen LogP contribution in [-0.2, 0) is 0 Å². The van der Waals surface area contributed by atoms with Gasteiger partial charge in [-0.3, -0.25) is 9.80 Å². The van der Waals surface area contributed by atoms with Crippen LogP contribution in [-0.4, -0.2) is 82.8 Å². The van der Waals surface area contributed by atoms with E-state index in [-0.39, 0.29) is 25.9 Å². The maximum Gasteiger partial charge on any atom is 0.415 e. The lowest BCUT2D eigenvalue weighted by Gasteiger charge is -2.38. The van der Waals surface area contributed by atoms with Crippen LogP contribution < -0.4 is 0 Å². The summed E-state index contributed by atoms with van der Waals surface area (Å²) in [4.78, 5) is 2.96. The highest BCUT2D eigenvalue weighted by atomic mass is 19.4. The molecule has 4 atom stereocenters. The summed E-state index contributed by atoms with van der Waals surface area (Å²) in [5.74, 6) is 5.46. The fraction of sp³-hybridized carbons (Fsp3) is 0.889. The van der Waals surface area contributed by atoms with Gasteiger partial charge in [0.05, 0.1) is 13.1 Å². The number of likely N-dealkylation sites (tertiary alicyclic amines) is 2. The van der Waals surface area contributed by atoms with Gasteiger partial charge in [-0.15, -0.1) is 0 Å². The zero-order valence-corrected chi connectivity index (χ0v) is 15.4. The molecule has 2 aliphatic rings. The molecular formula is C18H26F6N2O2. The summed E-state index contributed by atoms with van der Waals surface area (Å²) in [6.45, 7) is 0.785. The maximum atomic E-state index is 12.8. The minimum absolute atomic E-state index is 0.0120. The number of alkyl halides is 6. The van der Waals surface area contributed by atoms with Gasteiger partial charge in [-0.05, 0) is 38.8 Å². The highest BCUT2D eigenvalue weighted by molar-refractivity contribution is 5.06. The number of hydrogen-bond donors (Lipinski definition) is 2. The zero-order chi connectivity index (χ0) is 20.9. The van der Waals surface area contributed by atoms with Gasteiger partial charge in [-0.2, -0.15) is 26.3 Å². The molecule has 0 aromatic carbocycles. The smallest absolute Gasteiger partial charge is 0.382 e. The van der Waals surface area contributed by atoms with Gasteiger partial charge < -0.3 is 10.2 Å². The standard InChI is InChI=1S/C18H26F6N2O2/c19-17(20,21)15(27)13-7-1-3-9-25(13)11-5-6-12-26-10-4-2-8-14(26)16(28)18(22,23)24/h13-16,27-28H,1-4,7-12H2. The monoisotopic (exact) mass is 416 g/mol. The Morgan fingerprint density at radius 1 is 0.714 bits per heavy atom. The van der Waals surface area contributed by atoms with E-state index < -0.39 is 36.6 Å². The Labute approximate surface area is 160 Å². The van der Waals surface area contributed by atoms with Gasteiger partial charge in [0.15, 0.2) is 12.2 Å². The van der Waals surface area contributed by atoms with Crippen molar-refractivity contribution in [2.75, 3.05) is 26.2 Å². The molecule has 0 aromatic heterocycles. The Morgan fingerprint density at radius 3 is 1.39 bits per heavy atom. The Morgan fingerprint density at radius 2 is 1.07 bits per heavy atom. The van der Waals surface area contributed by atoms with Crippen LogP contribution in [0.15, 0.2) is 0 Å². The number of aliphatic hydroxyl groups is 2. The first-order valence-electron chi connectivity index (χ1n) is 9.45. The third-order valence-corrected chi connectivity index (χ3v) is 5.42. The number of rotatable bonds is 4. The second kappa shape index (κ2) is 9.65. The lowest BCUT2D eigenvalue weighted by atomic mass is 9.96. The summed E-state index contributed by atoms with van der Waals surface area (Å²) in [6, 6.07) is -2.12. The summed E-state index contributed by atoms with van der Waals surface area (Å²) in [6.07, 6.45) is -11.3. The molecule has 0 aromatic rings. The van der Waals surface area contributed by atoms with E-state index in [2.05, 4.69) is 11.8 Å². The summed E-state index contributed by atoms with van der Waals surface area (Å²) in [7, 11) is 0. The van der Waals surface area contributed by atoms with E-state index in [0.717, 1.165) is 0 Å². The third-order valence-electron chi connectivity index (χ3n) is 5.42. The van der Waals surface area contributed by atoms with Gasteiger partial charge in [0.25, 0.3) is 0 Å². The molecule has 2 heterocycles. The molecule has 4 nitrogen and oxygen atoms in total. The quantitative estimate of drug-likeness (QED) is 0.546. The molecule has 0 amide bonds. The molecular weight excluding hydrogens is 390 g/mol. The average Bonchev–Trinajstić information content (AvgIpc) is 2.63. The van der Waals surface area contributed by atoms with Gasteiger partial charge >= 0.3 is 12.4 Å². The minimum atomic E-state index is -4.71. The van der Waals surface area contributed by atoms with Crippen LogP contribution in [0.2, 0.25) is 0 Å². The van der Waals surface area contributed by atoms with Gasteiger partial charge in [-0.25, -0.2) is 0 Å². The van der Waals surface area contributed by atoms with Crippen LogP contribution in [0.3, 0.4) is 0 Å². The van der Waals surface area contributed by atoms with Crippen LogP contribution in [0, 0.1) is 11.8 Å². The van der Waals surface area contributed by atoms with Gasteiger partial charge in [0, 0.05) is 12.1 Å². The summed E-state index contributed by atoms with van der Waals surface area (Å²) < 4.78 is 76.9. The molecule has 0 saturated carbocycles. The highest BCUT2D eigenvalue weighted by Crippen LogP contribution is 2.31. The minimum Gasteiger partial charge on any atom is -0.382 e. The number of halogens is 6. The second-order valence-electron chi connectivity index (χ2n) is 7.39. The first kappa shape index (κ1) is 23.3. The number of aliphatic hydroxyl groups excluding tert-OH is 2. The number of hydrogen-bond acceptors (Lipinski definition) is 4. The molecule has 0 spiro atoms. The fourth-order valence-corrected chi connectivity index (χ4v) is 3.89. The van der Waals surface area contributed by atoms with Crippen LogP contribution in [0.1, 0.15) is 38.5 Å². The molecule has 2 fully saturated rings. The molecule has 2 rings (SSSR count). The predicted octanol–water partition coefficient (Wildman–Crippen LogP) is 2.55. The van der Waals surface area contributed by atoms with E-state index in [4.69, 9.17) is 0 Å². The fourth-order valence-electron chi connectivity index (χ4n) is 3.89. The predicted molar refractivity (Wildman–Crippen MR) is 90.3 cm³/mol. The van der Waals surface area contributed by atoms with Gasteiger partial charge in [0.1, 0.15) is 0 Å². The van der Waals surface area contributed by atoms with Gasteiger partial charge in [-0.1, -0.05) is 24.7 Å². The van der Waals surface area contributed by atoms with E-state index in [9.17, 15) is 36.6 Å². The Balaban J connectivity index is 1.95. The van der Waals surface area contributed by atoms with Crippen LogP contribution in [0.4, 0.5) is 26.3 Å². The van der Waals surface area contributed by atoms with Crippen molar-refractivity contribution in [2.24, 2.45) is 0 Å². The molecule has 2 saturated heterocycles. The number of piperidine rings is 2. The maximum absolute atomic E-state index is 12.8. The Bertz CT molecular complexity index is 511. The number of nitrogens with zero attached hydrogens (tertiary/aromatic N) is 2. The van der Waals surface area contributed by atoms with Crippen molar-refractivity contribution in [3.05, 3.63) is 0 Å². The summed E-state index contributed by atoms with van der Waals surface area (Å²) >= 11 is 0. The SMILES string of the molecule is OC(C1CCCCN1CC#CCN1CCCCC1C(O)C(F)(F)F)C(F)(F)F. The molecule has 4 unspecified atom stereocenters. The lowest BCUT2D eigenvalue weighted by molar-refractivity contribution is -0.224. The second-order valence-corrected chi connectivity index (χ2v) is 7.39. The molecule has 0 bridgehead atoms. The summed E-state index contributed by atoms with van der Waals surface area (Å²) in [5.41, 5.74) is 0. The van der Waals surface area contributed by atoms with Gasteiger partial charge in [0.2, 0.25) is 0 Å². The highest BCUT2D eigenvalue weighted by Gasteiger charge is 2.47. The van der Waals surface area contributed by atoms with Crippen molar-refractivity contribution in [2.45, 2.75) is 75.2 Å². The molecule has 0 aliphatic carbocycles. The van der Waals surface area contributed by atoms with Crippen LogP contribution >= 0.6 is 0 Å². The normalized spacial score (nSPS) is 27.7. The van der Waals surface area contributed by atoms with Crippen molar-refractivity contribution in [1.82, 2.24) is 9.80 Å². The van der Waals surface area contributed by atoms with Crippen molar-refractivity contribution in [3.63, 3.8) is 0 Å². The third kappa shape index (κ3) is 6.24. The first-order valence-corrected chi connectivity index (χ1v) is 9.45. The Kier molecular flexibility index (Phi) is 8.02. The molecule has 0 radical (unpaired) electrons. The zero-order valence-electron chi connectivity index (χ0n) is 15.4. The van der Waals surface area contributed by atoms with Crippen LogP contribution in [0.25, 0.3) is 0 Å². The van der Waals surface area contributed by atoms with Crippen molar-refractivity contribution in [1.29, 1.82) is 0 Å². The largest absolute Gasteiger partial charge is 0.415 e. The summed E-state index contributed by atoms with van der Waals surface area (Å²) in [5, 5.41) is 19.1.